The molecular formula is C19H21NO3. The normalized spacial score (nSPS) is 15.0. The van der Waals surface area contributed by atoms with Gasteiger partial charge in [0.2, 0.25) is 0 Å². The summed E-state index contributed by atoms with van der Waals surface area (Å²) in [5, 5.41) is 10.4. The lowest BCUT2D eigenvalue weighted by Gasteiger charge is -2.26. The van der Waals surface area contributed by atoms with E-state index in [0.717, 1.165) is 24.2 Å². The first-order chi connectivity index (χ1) is 11.2. The Bertz CT molecular complexity index is 667. The van der Waals surface area contributed by atoms with Gasteiger partial charge in [-0.3, -0.25) is 4.79 Å². The number of aliphatic hydroxyl groups excluding tert-OH is 1. The van der Waals surface area contributed by atoms with Crippen LogP contribution >= 0.6 is 0 Å². The highest BCUT2D eigenvalue weighted by Crippen LogP contribution is 2.32. The second-order valence-corrected chi connectivity index (χ2v) is 5.82. The molecule has 23 heavy (non-hydrogen) atoms. The lowest BCUT2D eigenvalue weighted by atomic mass is 10.1. The fourth-order valence-corrected chi connectivity index (χ4v) is 2.73. The smallest absolute Gasteiger partial charge is 0.256 e. The lowest BCUT2D eigenvalue weighted by molar-refractivity contribution is -0.141. The Kier molecular flexibility index (Phi) is 4.63. The van der Waals surface area contributed by atoms with E-state index < -0.39 is 6.10 Å². The van der Waals surface area contributed by atoms with Gasteiger partial charge in [-0.2, -0.15) is 0 Å². The zero-order valence-electron chi connectivity index (χ0n) is 13.2. The van der Waals surface area contributed by atoms with Crippen molar-refractivity contribution in [3.63, 3.8) is 0 Å². The molecule has 0 saturated heterocycles. The van der Waals surface area contributed by atoms with E-state index in [1.165, 1.54) is 0 Å². The fourth-order valence-electron chi connectivity index (χ4n) is 2.73. The first-order valence-electron chi connectivity index (χ1n) is 7.86. The number of amides is 1. The number of hydrogen-bond donors (Lipinski definition) is 1. The van der Waals surface area contributed by atoms with E-state index in [9.17, 15) is 9.90 Å². The molecule has 1 amide bonds. The second kappa shape index (κ2) is 6.84. The summed E-state index contributed by atoms with van der Waals surface area (Å²) < 4.78 is 5.37. The highest BCUT2D eigenvalue weighted by atomic mass is 16.5. The number of carbonyl (C=O) groups is 1. The molecule has 0 spiro atoms. The molecule has 1 N–H and O–H groups in total. The van der Waals surface area contributed by atoms with E-state index in [1.54, 1.807) is 24.1 Å². The summed E-state index contributed by atoms with van der Waals surface area (Å²) in [6.07, 6.45) is 0.858. The van der Waals surface area contributed by atoms with Gasteiger partial charge in [-0.1, -0.05) is 48.5 Å². The van der Waals surface area contributed by atoms with Gasteiger partial charge in [-0.15, -0.1) is 0 Å². The highest BCUT2D eigenvalue weighted by molar-refractivity contribution is 5.82. The summed E-state index contributed by atoms with van der Waals surface area (Å²) in [7, 11) is 1.63. The van der Waals surface area contributed by atoms with Crippen LogP contribution in [0, 0.1) is 0 Å². The molecule has 0 heterocycles. The third kappa shape index (κ3) is 3.54. The quantitative estimate of drug-likeness (QED) is 0.892. The monoisotopic (exact) mass is 311 g/mol. The average Bonchev–Trinajstić information content (AvgIpc) is 3.44. The molecular weight excluding hydrogens is 290 g/mol. The summed E-state index contributed by atoms with van der Waals surface area (Å²) in [5.74, 6) is 0.518. The Balaban J connectivity index is 1.80. The van der Waals surface area contributed by atoms with Crippen molar-refractivity contribution < 1.29 is 14.6 Å². The number of benzene rings is 2. The van der Waals surface area contributed by atoms with E-state index in [0.29, 0.717) is 12.1 Å². The maximum Gasteiger partial charge on any atom is 0.256 e. The molecule has 1 unspecified atom stereocenters. The van der Waals surface area contributed by atoms with Crippen LogP contribution in [0.2, 0.25) is 0 Å². The largest absolute Gasteiger partial charge is 0.496 e. The average molecular weight is 311 g/mol. The summed E-state index contributed by atoms with van der Waals surface area (Å²) in [6.45, 7) is 0.456. The van der Waals surface area contributed by atoms with Crippen molar-refractivity contribution in [2.45, 2.75) is 31.5 Å². The number of methoxy groups -OCH3 is 1. The predicted molar refractivity (Wildman–Crippen MR) is 88.0 cm³/mol. The number of ether oxygens (including phenoxy) is 1. The minimum atomic E-state index is -1.12. The molecule has 3 rings (SSSR count). The van der Waals surface area contributed by atoms with E-state index in [1.807, 2.05) is 42.5 Å². The van der Waals surface area contributed by atoms with Crippen molar-refractivity contribution in [1.29, 1.82) is 0 Å². The van der Waals surface area contributed by atoms with Gasteiger partial charge in [-0.05, 0) is 24.5 Å². The fraction of sp³-hybridized carbons (Fsp3) is 0.316. The highest BCUT2D eigenvalue weighted by Gasteiger charge is 2.36. The van der Waals surface area contributed by atoms with Gasteiger partial charge >= 0.3 is 0 Å². The van der Waals surface area contributed by atoms with Crippen molar-refractivity contribution in [1.82, 2.24) is 4.90 Å². The summed E-state index contributed by atoms with van der Waals surface area (Å²) >= 11 is 0. The molecule has 0 bridgehead atoms. The summed E-state index contributed by atoms with van der Waals surface area (Å²) in [4.78, 5) is 14.5. The molecule has 1 aliphatic rings. The lowest BCUT2D eigenvalue weighted by Crippen LogP contribution is -2.36. The number of para-hydroxylation sites is 1. The van der Waals surface area contributed by atoms with E-state index >= 15 is 0 Å². The molecule has 1 fully saturated rings. The molecule has 0 aromatic heterocycles. The Labute approximate surface area is 136 Å². The Morgan fingerprint density at radius 2 is 1.83 bits per heavy atom. The number of hydrogen-bond acceptors (Lipinski definition) is 3. The van der Waals surface area contributed by atoms with E-state index in [-0.39, 0.29) is 11.9 Å². The predicted octanol–water partition coefficient (Wildman–Crippen LogP) is 2.92. The Hall–Kier alpha value is -2.33. The maximum absolute atomic E-state index is 12.8. The molecule has 4 heteroatoms. The number of carbonyl (C=O) groups excluding carboxylic acids is 1. The van der Waals surface area contributed by atoms with Crippen LogP contribution in [0.4, 0.5) is 0 Å². The first-order valence-corrected chi connectivity index (χ1v) is 7.86. The van der Waals surface area contributed by atoms with Crippen molar-refractivity contribution in [3.8, 4) is 5.75 Å². The number of aliphatic hydroxyl groups is 1. The van der Waals surface area contributed by atoms with Crippen molar-refractivity contribution in [2.24, 2.45) is 0 Å². The van der Waals surface area contributed by atoms with E-state index in [2.05, 4.69) is 0 Å². The molecule has 2 aromatic rings. The van der Waals surface area contributed by atoms with Gasteiger partial charge in [0, 0.05) is 18.2 Å². The van der Waals surface area contributed by atoms with Crippen LogP contribution in [0.25, 0.3) is 0 Å². The van der Waals surface area contributed by atoms with Crippen LogP contribution in [-0.4, -0.2) is 29.1 Å². The topological polar surface area (TPSA) is 49.8 Å². The second-order valence-electron chi connectivity index (χ2n) is 5.82. The van der Waals surface area contributed by atoms with Gasteiger partial charge in [0.1, 0.15) is 5.75 Å². The standard InChI is InChI=1S/C19H21NO3/c1-23-17-10-6-5-9-15(17)13-20(16-11-12-16)19(22)18(21)14-7-3-2-4-8-14/h2-10,16,18,21H,11-13H2,1H3. The third-order valence-corrected chi connectivity index (χ3v) is 4.15. The number of rotatable bonds is 6. The van der Waals surface area contributed by atoms with Crippen LogP contribution in [-0.2, 0) is 11.3 Å². The maximum atomic E-state index is 12.8. The zero-order chi connectivity index (χ0) is 16.2. The molecule has 0 radical (unpaired) electrons. The Morgan fingerprint density at radius 1 is 1.17 bits per heavy atom. The van der Waals surface area contributed by atoms with Gasteiger partial charge < -0.3 is 14.7 Å². The Morgan fingerprint density at radius 3 is 2.48 bits per heavy atom. The molecule has 2 aromatic carbocycles. The van der Waals surface area contributed by atoms with Crippen molar-refractivity contribution in [3.05, 3.63) is 65.7 Å². The molecule has 1 saturated carbocycles. The number of nitrogens with zero attached hydrogens (tertiary/aromatic N) is 1. The minimum Gasteiger partial charge on any atom is -0.496 e. The van der Waals surface area contributed by atoms with Crippen molar-refractivity contribution >= 4 is 5.91 Å². The molecule has 0 aliphatic heterocycles. The molecule has 120 valence electrons. The van der Waals surface area contributed by atoms with Crippen LogP contribution < -0.4 is 4.74 Å². The van der Waals surface area contributed by atoms with Gasteiger partial charge in [-0.25, -0.2) is 0 Å². The molecule has 1 aliphatic carbocycles. The van der Waals surface area contributed by atoms with Crippen LogP contribution in [0.5, 0.6) is 5.75 Å². The third-order valence-electron chi connectivity index (χ3n) is 4.15. The summed E-state index contributed by atoms with van der Waals surface area (Å²) in [5.41, 5.74) is 1.58. The van der Waals surface area contributed by atoms with Gasteiger partial charge in [0.05, 0.1) is 7.11 Å². The van der Waals surface area contributed by atoms with Crippen LogP contribution in [0.15, 0.2) is 54.6 Å². The SMILES string of the molecule is COc1ccccc1CN(C(=O)C(O)c1ccccc1)C1CC1. The van der Waals surface area contributed by atoms with Gasteiger partial charge in [0.25, 0.3) is 5.91 Å². The van der Waals surface area contributed by atoms with Crippen molar-refractivity contribution in [2.75, 3.05) is 7.11 Å². The van der Waals surface area contributed by atoms with E-state index in [4.69, 9.17) is 4.74 Å². The molecule has 1 atom stereocenters. The van der Waals surface area contributed by atoms with Crippen LogP contribution in [0.3, 0.4) is 0 Å². The van der Waals surface area contributed by atoms with Gasteiger partial charge in [0.15, 0.2) is 6.10 Å². The zero-order valence-corrected chi connectivity index (χ0v) is 13.2. The summed E-state index contributed by atoms with van der Waals surface area (Å²) in [6, 6.07) is 17.0. The van der Waals surface area contributed by atoms with Crippen LogP contribution in [0.1, 0.15) is 30.1 Å². The minimum absolute atomic E-state index is 0.214. The molecule has 4 nitrogen and oxygen atoms in total. The first kappa shape index (κ1) is 15.6.